The molecule has 0 heterocycles. The number of hydrogen-bond donors (Lipinski definition) is 1. The summed E-state index contributed by atoms with van der Waals surface area (Å²) in [6, 6.07) is 5.84. The number of nitrogens with zero attached hydrogens (tertiary/aromatic N) is 3. The average Bonchev–Trinajstić information content (AvgIpc) is 2.61. The van der Waals surface area contributed by atoms with E-state index in [4.69, 9.17) is 29.6 Å². The number of thiocarbonyl (C=S) groups is 1. The number of benzene rings is 2. The summed E-state index contributed by atoms with van der Waals surface area (Å²) in [5.41, 5.74) is 2.99. The molecule has 0 unspecified atom stereocenters. The van der Waals surface area contributed by atoms with Gasteiger partial charge < -0.3 is 10.6 Å². The van der Waals surface area contributed by atoms with Crippen LogP contribution in [0.4, 0.5) is 37.7 Å². The molecule has 0 amide bonds. The molecule has 12 heteroatoms. The van der Waals surface area contributed by atoms with Gasteiger partial charge in [0.2, 0.25) is 0 Å². The van der Waals surface area contributed by atoms with E-state index in [1.54, 1.807) is 37.2 Å². The fourth-order valence-corrected chi connectivity index (χ4v) is 2.71. The lowest BCUT2D eigenvalue weighted by Crippen LogP contribution is -2.31. The maximum Gasteiger partial charge on any atom is 0.416 e. The minimum absolute atomic E-state index is 0.00179. The zero-order valence-electron chi connectivity index (χ0n) is 15.5. The molecular formula is C18H15ClF6N4S. The Kier molecular flexibility index (Phi) is 6.87. The topological polar surface area (TPSA) is 44.9 Å². The molecule has 0 fully saturated rings. The first-order valence-corrected chi connectivity index (χ1v) is 8.88. The number of nitrogens with two attached hydrogens (primary N) is 1. The summed E-state index contributed by atoms with van der Waals surface area (Å²) in [5, 5.41) is 4.15. The molecule has 0 spiro atoms. The second kappa shape index (κ2) is 8.68. The summed E-state index contributed by atoms with van der Waals surface area (Å²) >= 11 is 10.9. The van der Waals surface area contributed by atoms with Crippen LogP contribution in [0.2, 0.25) is 5.02 Å². The second-order valence-corrected chi connectivity index (χ2v) is 7.08. The predicted octanol–water partition coefficient (Wildman–Crippen LogP) is 5.53. The van der Waals surface area contributed by atoms with E-state index in [9.17, 15) is 26.3 Å². The van der Waals surface area contributed by atoms with Gasteiger partial charge in [-0.1, -0.05) is 11.6 Å². The van der Waals surface area contributed by atoms with Crippen molar-refractivity contribution in [2.45, 2.75) is 12.4 Å². The van der Waals surface area contributed by atoms with Crippen LogP contribution < -0.4 is 15.6 Å². The molecule has 2 rings (SSSR count). The predicted molar refractivity (Wildman–Crippen MR) is 109 cm³/mol. The molecule has 0 aliphatic heterocycles. The SMILES string of the molecule is CN(C)c1ccc(/C=N\N(C(N)=S)c2cc(C(F)(F)F)cc(C(F)(F)F)c2)c(Cl)c1. The van der Waals surface area contributed by atoms with Gasteiger partial charge in [0, 0.05) is 25.3 Å². The van der Waals surface area contributed by atoms with E-state index >= 15 is 0 Å². The van der Waals surface area contributed by atoms with Gasteiger partial charge in [-0.25, -0.2) is 5.01 Å². The van der Waals surface area contributed by atoms with Crippen LogP contribution in [0.1, 0.15) is 16.7 Å². The molecular weight excluding hydrogens is 454 g/mol. The van der Waals surface area contributed by atoms with Crippen molar-refractivity contribution in [1.29, 1.82) is 0 Å². The fourth-order valence-electron chi connectivity index (χ4n) is 2.33. The Hall–Kier alpha value is -2.53. The van der Waals surface area contributed by atoms with Gasteiger partial charge in [0.15, 0.2) is 5.11 Å². The lowest BCUT2D eigenvalue weighted by atomic mass is 10.1. The largest absolute Gasteiger partial charge is 0.416 e. The van der Waals surface area contributed by atoms with Crippen LogP contribution in [0, 0.1) is 0 Å². The van der Waals surface area contributed by atoms with E-state index in [0.717, 1.165) is 11.9 Å². The van der Waals surface area contributed by atoms with E-state index < -0.39 is 34.3 Å². The first-order chi connectivity index (χ1) is 13.7. The minimum atomic E-state index is -5.02. The van der Waals surface area contributed by atoms with Gasteiger partial charge in [-0.3, -0.25) is 0 Å². The number of alkyl halides is 6. The molecule has 30 heavy (non-hydrogen) atoms. The quantitative estimate of drug-likeness (QED) is 0.277. The molecule has 0 saturated heterocycles. The van der Waals surface area contributed by atoms with Crippen molar-refractivity contribution in [2.24, 2.45) is 10.8 Å². The third-order valence-corrected chi connectivity index (χ3v) is 4.34. The Balaban J connectivity index is 2.53. The molecule has 0 aromatic heterocycles. The Morgan fingerprint density at radius 2 is 1.50 bits per heavy atom. The van der Waals surface area contributed by atoms with Gasteiger partial charge in [0.1, 0.15) is 0 Å². The number of hydrogen-bond acceptors (Lipinski definition) is 3. The maximum absolute atomic E-state index is 13.1. The van der Waals surface area contributed by atoms with Crippen molar-refractivity contribution in [3.8, 4) is 0 Å². The molecule has 0 aliphatic rings. The van der Waals surface area contributed by atoms with Gasteiger partial charge >= 0.3 is 12.4 Å². The van der Waals surface area contributed by atoms with Crippen LogP contribution in [0.3, 0.4) is 0 Å². The third-order valence-electron chi connectivity index (χ3n) is 3.84. The summed E-state index contributed by atoms with van der Waals surface area (Å²) in [5.74, 6) is 0. The second-order valence-electron chi connectivity index (χ2n) is 6.26. The Bertz CT molecular complexity index is 940. The lowest BCUT2D eigenvalue weighted by molar-refractivity contribution is -0.143. The van der Waals surface area contributed by atoms with Crippen LogP contribution in [0.5, 0.6) is 0 Å². The van der Waals surface area contributed by atoms with Gasteiger partial charge in [0.25, 0.3) is 0 Å². The Labute approximate surface area is 178 Å². The highest BCUT2D eigenvalue weighted by Gasteiger charge is 2.37. The molecule has 2 aromatic carbocycles. The van der Waals surface area contributed by atoms with Crippen LogP contribution in [0.25, 0.3) is 0 Å². The van der Waals surface area contributed by atoms with E-state index in [2.05, 4.69) is 5.10 Å². The van der Waals surface area contributed by atoms with E-state index in [0.29, 0.717) is 22.7 Å². The fraction of sp³-hybridized carbons (Fsp3) is 0.222. The van der Waals surface area contributed by atoms with Crippen molar-refractivity contribution in [2.75, 3.05) is 24.0 Å². The van der Waals surface area contributed by atoms with Crippen molar-refractivity contribution in [3.05, 3.63) is 58.1 Å². The molecule has 0 radical (unpaired) electrons. The molecule has 2 N–H and O–H groups in total. The molecule has 4 nitrogen and oxygen atoms in total. The first-order valence-electron chi connectivity index (χ1n) is 8.10. The highest BCUT2D eigenvalue weighted by Crippen LogP contribution is 2.38. The molecule has 0 atom stereocenters. The monoisotopic (exact) mass is 468 g/mol. The van der Waals surface area contributed by atoms with E-state index in [1.807, 2.05) is 0 Å². The summed E-state index contributed by atoms with van der Waals surface area (Å²) < 4.78 is 78.6. The van der Waals surface area contributed by atoms with Crippen LogP contribution >= 0.6 is 23.8 Å². The number of rotatable bonds is 4. The molecule has 162 valence electrons. The molecule has 2 aromatic rings. The summed E-state index contributed by atoms with van der Waals surface area (Å²) in [7, 11) is 3.58. The van der Waals surface area contributed by atoms with Crippen LogP contribution in [-0.4, -0.2) is 25.4 Å². The third kappa shape index (κ3) is 5.76. The van der Waals surface area contributed by atoms with Crippen molar-refractivity contribution in [3.63, 3.8) is 0 Å². The van der Waals surface area contributed by atoms with Gasteiger partial charge in [-0.2, -0.15) is 31.4 Å². The van der Waals surface area contributed by atoms with Gasteiger partial charge in [-0.05, 0) is 48.6 Å². The highest BCUT2D eigenvalue weighted by molar-refractivity contribution is 7.80. The normalized spacial score (nSPS) is 12.3. The van der Waals surface area contributed by atoms with E-state index in [1.165, 1.54) is 0 Å². The zero-order valence-corrected chi connectivity index (χ0v) is 17.1. The van der Waals surface area contributed by atoms with Crippen LogP contribution in [-0.2, 0) is 12.4 Å². The van der Waals surface area contributed by atoms with E-state index in [-0.39, 0.29) is 11.1 Å². The minimum Gasteiger partial charge on any atom is -0.378 e. The summed E-state index contributed by atoms with van der Waals surface area (Å²) in [4.78, 5) is 1.79. The van der Waals surface area contributed by atoms with Gasteiger partial charge in [-0.15, -0.1) is 0 Å². The van der Waals surface area contributed by atoms with Gasteiger partial charge in [0.05, 0.1) is 28.1 Å². The number of anilines is 2. The average molecular weight is 469 g/mol. The smallest absolute Gasteiger partial charge is 0.378 e. The number of halogens is 7. The van der Waals surface area contributed by atoms with Crippen molar-refractivity contribution < 1.29 is 26.3 Å². The van der Waals surface area contributed by atoms with Crippen LogP contribution in [0.15, 0.2) is 41.5 Å². The summed E-state index contributed by atoms with van der Waals surface area (Å²) in [6.45, 7) is 0. The number of hydrazone groups is 1. The summed E-state index contributed by atoms with van der Waals surface area (Å²) in [6.07, 6.45) is -8.91. The molecule has 0 aliphatic carbocycles. The highest BCUT2D eigenvalue weighted by atomic mass is 35.5. The zero-order chi connectivity index (χ0) is 22.9. The Morgan fingerprint density at radius 3 is 1.90 bits per heavy atom. The van der Waals surface area contributed by atoms with Crippen molar-refractivity contribution in [1.82, 2.24) is 0 Å². The standard InChI is InChI=1S/C18H15ClF6N4S/c1-28(2)13-4-3-10(15(19)8-13)9-27-29(16(26)30)14-6-11(17(20,21)22)5-12(7-14)18(23,24)25/h3-9H,1-2H3,(H2,26,30)/b27-9-. The molecule has 0 bridgehead atoms. The molecule has 0 saturated carbocycles. The van der Waals surface area contributed by atoms with Crippen molar-refractivity contribution >= 4 is 46.5 Å². The Morgan fingerprint density at radius 1 is 0.967 bits per heavy atom. The lowest BCUT2D eigenvalue weighted by Gasteiger charge is -2.20. The maximum atomic E-state index is 13.1. The first kappa shape index (κ1) is 23.7.